The second kappa shape index (κ2) is 4.25. The van der Waals surface area contributed by atoms with Gasteiger partial charge in [-0.05, 0) is 30.5 Å². The number of rotatable bonds is 3. The summed E-state index contributed by atoms with van der Waals surface area (Å²) >= 11 is 0. The van der Waals surface area contributed by atoms with Crippen LogP contribution < -0.4 is 5.23 Å². The zero-order valence-corrected chi connectivity index (χ0v) is 7.99. The van der Waals surface area contributed by atoms with Crippen LogP contribution in [0.25, 0.3) is 0 Å². The molecular formula is C10H15NO2. The fourth-order valence-corrected chi connectivity index (χ4v) is 1.45. The van der Waals surface area contributed by atoms with Crippen LogP contribution in [0.3, 0.4) is 0 Å². The van der Waals surface area contributed by atoms with Crippen LogP contribution in [0, 0.1) is 6.92 Å². The lowest BCUT2D eigenvalue weighted by atomic mass is 10.0. The second-order valence-electron chi connectivity index (χ2n) is 3.11. The predicted molar refractivity (Wildman–Crippen MR) is 51.2 cm³/mol. The van der Waals surface area contributed by atoms with Gasteiger partial charge in [-0.25, -0.2) is 0 Å². The highest BCUT2D eigenvalue weighted by atomic mass is 16.8. The van der Waals surface area contributed by atoms with Gasteiger partial charge in [-0.3, -0.25) is 10.4 Å². The molecule has 0 fully saturated rings. The molecule has 0 bridgehead atoms. The van der Waals surface area contributed by atoms with E-state index in [9.17, 15) is 0 Å². The first kappa shape index (κ1) is 10.0. The molecule has 3 heteroatoms. The van der Waals surface area contributed by atoms with E-state index in [0.29, 0.717) is 5.69 Å². The fourth-order valence-electron chi connectivity index (χ4n) is 1.45. The minimum atomic E-state index is 0.192. The summed E-state index contributed by atoms with van der Waals surface area (Å²) in [6.07, 6.45) is 1.85. The average Bonchev–Trinajstić information content (AvgIpc) is 2.08. The molecule has 3 nitrogen and oxygen atoms in total. The van der Waals surface area contributed by atoms with Crippen LogP contribution in [0.5, 0.6) is 0 Å². The van der Waals surface area contributed by atoms with Crippen molar-refractivity contribution < 1.29 is 10.4 Å². The molecule has 0 amide bonds. The van der Waals surface area contributed by atoms with Gasteiger partial charge < -0.3 is 0 Å². The van der Waals surface area contributed by atoms with Crippen LogP contribution in [0.1, 0.15) is 24.5 Å². The maximum atomic E-state index is 8.94. The van der Waals surface area contributed by atoms with Gasteiger partial charge in [0, 0.05) is 0 Å². The molecule has 0 saturated heterocycles. The van der Waals surface area contributed by atoms with E-state index in [2.05, 4.69) is 6.92 Å². The standard InChI is InChI=1S/C10H15NO2/c1-3-5-9-8(2)6-4-7-10(9)11(12)13/h4,6-7,12-13H,3,5H2,1-2H3. The van der Waals surface area contributed by atoms with E-state index in [-0.39, 0.29) is 5.23 Å². The molecule has 0 unspecified atom stereocenters. The van der Waals surface area contributed by atoms with Gasteiger partial charge in [0.15, 0.2) is 0 Å². The van der Waals surface area contributed by atoms with Crippen LogP contribution in [0.4, 0.5) is 5.69 Å². The highest BCUT2D eigenvalue weighted by Crippen LogP contribution is 2.22. The summed E-state index contributed by atoms with van der Waals surface area (Å²) in [6, 6.07) is 5.47. The highest BCUT2D eigenvalue weighted by Gasteiger charge is 2.08. The van der Waals surface area contributed by atoms with E-state index in [1.807, 2.05) is 19.1 Å². The lowest BCUT2D eigenvalue weighted by Gasteiger charge is -2.14. The first-order valence-electron chi connectivity index (χ1n) is 4.43. The second-order valence-corrected chi connectivity index (χ2v) is 3.11. The van der Waals surface area contributed by atoms with Crippen molar-refractivity contribution in [2.45, 2.75) is 26.7 Å². The largest absolute Gasteiger partial charge is 0.264 e. The lowest BCUT2D eigenvalue weighted by molar-refractivity contribution is 0.0286. The van der Waals surface area contributed by atoms with Crippen molar-refractivity contribution in [3.05, 3.63) is 29.3 Å². The van der Waals surface area contributed by atoms with Crippen molar-refractivity contribution in [3.63, 3.8) is 0 Å². The van der Waals surface area contributed by atoms with Gasteiger partial charge in [0.2, 0.25) is 0 Å². The van der Waals surface area contributed by atoms with Crippen LogP contribution in [-0.2, 0) is 6.42 Å². The zero-order valence-electron chi connectivity index (χ0n) is 7.99. The molecule has 0 aliphatic rings. The Bertz CT molecular complexity index is 284. The number of benzene rings is 1. The van der Waals surface area contributed by atoms with E-state index in [0.717, 1.165) is 24.0 Å². The Balaban J connectivity index is 3.09. The molecule has 0 saturated carbocycles. The Kier molecular flexibility index (Phi) is 3.28. The van der Waals surface area contributed by atoms with Crippen molar-refractivity contribution >= 4 is 5.69 Å². The highest BCUT2D eigenvalue weighted by molar-refractivity contribution is 5.53. The van der Waals surface area contributed by atoms with Crippen molar-refractivity contribution in [1.29, 1.82) is 0 Å². The Morgan fingerprint density at radius 1 is 1.31 bits per heavy atom. The maximum absolute atomic E-state index is 8.94. The van der Waals surface area contributed by atoms with E-state index in [1.165, 1.54) is 0 Å². The maximum Gasteiger partial charge on any atom is 0.0977 e. The number of anilines is 1. The number of hydrogen-bond donors (Lipinski definition) is 2. The molecule has 0 aromatic heterocycles. The molecule has 0 aliphatic carbocycles. The molecule has 13 heavy (non-hydrogen) atoms. The number of aryl methyl sites for hydroxylation is 1. The Hall–Kier alpha value is -1.06. The Morgan fingerprint density at radius 2 is 2.00 bits per heavy atom. The van der Waals surface area contributed by atoms with Gasteiger partial charge in [0.05, 0.1) is 5.69 Å². The third-order valence-corrected chi connectivity index (χ3v) is 2.10. The molecule has 72 valence electrons. The topological polar surface area (TPSA) is 43.7 Å². The smallest absolute Gasteiger partial charge is 0.0977 e. The van der Waals surface area contributed by atoms with E-state index in [1.54, 1.807) is 6.07 Å². The van der Waals surface area contributed by atoms with Crippen LogP contribution in [0.15, 0.2) is 18.2 Å². The molecule has 0 aliphatic heterocycles. The van der Waals surface area contributed by atoms with Gasteiger partial charge >= 0.3 is 0 Å². The first-order chi connectivity index (χ1) is 6.16. The van der Waals surface area contributed by atoms with E-state index >= 15 is 0 Å². The molecular weight excluding hydrogens is 166 g/mol. The van der Waals surface area contributed by atoms with Gasteiger partial charge in [0.25, 0.3) is 0 Å². The number of hydrogen-bond acceptors (Lipinski definition) is 3. The molecule has 1 aromatic rings. The fraction of sp³-hybridized carbons (Fsp3) is 0.400. The quantitative estimate of drug-likeness (QED) is 0.704. The van der Waals surface area contributed by atoms with E-state index in [4.69, 9.17) is 10.4 Å². The monoisotopic (exact) mass is 181 g/mol. The molecule has 0 atom stereocenters. The summed E-state index contributed by atoms with van der Waals surface area (Å²) in [5, 5.41) is 18.1. The number of nitrogens with zero attached hydrogens (tertiary/aromatic N) is 1. The predicted octanol–water partition coefficient (Wildman–Crippen LogP) is 2.53. The Morgan fingerprint density at radius 3 is 2.54 bits per heavy atom. The molecule has 0 heterocycles. The van der Waals surface area contributed by atoms with Crippen LogP contribution in [-0.4, -0.2) is 10.4 Å². The summed E-state index contributed by atoms with van der Waals surface area (Å²) in [5.41, 5.74) is 2.56. The summed E-state index contributed by atoms with van der Waals surface area (Å²) in [6.45, 7) is 4.04. The average molecular weight is 181 g/mol. The third-order valence-electron chi connectivity index (χ3n) is 2.10. The van der Waals surface area contributed by atoms with Gasteiger partial charge in [-0.15, -0.1) is 5.23 Å². The molecule has 0 spiro atoms. The summed E-state index contributed by atoms with van der Waals surface area (Å²) in [7, 11) is 0. The van der Waals surface area contributed by atoms with Crippen LogP contribution in [0.2, 0.25) is 0 Å². The molecule has 1 rings (SSSR count). The summed E-state index contributed by atoms with van der Waals surface area (Å²) < 4.78 is 0. The lowest BCUT2D eigenvalue weighted by Crippen LogP contribution is -2.13. The van der Waals surface area contributed by atoms with Crippen molar-refractivity contribution in [2.75, 3.05) is 5.23 Å². The van der Waals surface area contributed by atoms with Crippen molar-refractivity contribution in [2.24, 2.45) is 0 Å². The van der Waals surface area contributed by atoms with Gasteiger partial charge in [-0.1, -0.05) is 25.5 Å². The first-order valence-corrected chi connectivity index (χ1v) is 4.43. The van der Waals surface area contributed by atoms with Crippen LogP contribution >= 0.6 is 0 Å². The Labute approximate surface area is 78.1 Å². The minimum Gasteiger partial charge on any atom is -0.264 e. The molecule has 0 radical (unpaired) electrons. The minimum absolute atomic E-state index is 0.192. The third kappa shape index (κ3) is 2.20. The molecule has 2 N–H and O–H groups in total. The zero-order chi connectivity index (χ0) is 9.84. The van der Waals surface area contributed by atoms with Gasteiger partial charge in [0.1, 0.15) is 0 Å². The summed E-state index contributed by atoms with van der Waals surface area (Å²) in [5.74, 6) is 0. The SMILES string of the molecule is CCCc1c(C)cccc1N(O)O. The molecule has 1 aromatic carbocycles. The normalized spacial score (nSPS) is 10.2. The van der Waals surface area contributed by atoms with Crippen molar-refractivity contribution in [3.8, 4) is 0 Å². The van der Waals surface area contributed by atoms with Gasteiger partial charge in [-0.2, -0.15) is 0 Å². The van der Waals surface area contributed by atoms with E-state index < -0.39 is 0 Å². The van der Waals surface area contributed by atoms with Crippen molar-refractivity contribution in [1.82, 2.24) is 0 Å². The summed E-state index contributed by atoms with van der Waals surface area (Å²) in [4.78, 5) is 0.